The van der Waals surface area contributed by atoms with E-state index in [2.05, 4.69) is 4.99 Å². The minimum Gasteiger partial charge on any atom is -0.379 e. The van der Waals surface area contributed by atoms with Crippen molar-refractivity contribution >= 4 is 16.9 Å². The first-order valence-electron chi connectivity index (χ1n) is 8.25. The highest BCUT2D eigenvalue weighted by atomic mass is 32.2. The number of thioether (sulfide) groups is 1. The van der Waals surface area contributed by atoms with Crippen LogP contribution < -0.4 is 5.73 Å². The van der Waals surface area contributed by atoms with Crippen LogP contribution in [0.5, 0.6) is 0 Å². The molecule has 1 aromatic rings. The Morgan fingerprint density at radius 3 is 2.88 bits per heavy atom. The molecule has 130 valence electrons. The monoisotopic (exact) mass is 354 g/mol. The van der Waals surface area contributed by atoms with Crippen molar-refractivity contribution in [3.63, 3.8) is 0 Å². The molecule has 4 atom stereocenters. The van der Waals surface area contributed by atoms with Crippen LogP contribution in [0.25, 0.3) is 0 Å². The van der Waals surface area contributed by atoms with Gasteiger partial charge in [0.25, 0.3) is 0 Å². The van der Waals surface area contributed by atoms with Crippen molar-refractivity contribution in [2.45, 2.75) is 37.0 Å². The molecule has 4 nitrogen and oxygen atoms in total. The fourth-order valence-electron chi connectivity index (χ4n) is 3.99. The van der Waals surface area contributed by atoms with Crippen LogP contribution in [0.4, 0.5) is 8.78 Å². The number of halogens is 2. The van der Waals surface area contributed by atoms with Gasteiger partial charge in [-0.1, -0.05) is 17.8 Å². The lowest BCUT2D eigenvalue weighted by molar-refractivity contribution is -0.113. The first kappa shape index (κ1) is 16.3. The maximum atomic E-state index is 14.5. The third-order valence-corrected chi connectivity index (χ3v) is 6.18. The molecule has 0 spiro atoms. The summed E-state index contributed by atoms with van der Waals surface area (Å²) in [6.45, 7) is 1.01. The molecule has 1 aromatic carbocycles. The number of nitrogens with zero attached hydrogens (tertiary/aromatic N) is 1. The molecule has 0 saturated carbocycles. The van der Waals surface area contributed by atoms with E-state index in [-0.39, 0.29) is 24.7 Å². The molecule has 2 saturated heterocycles. The van der Waals surface area contributed by atoms with E-state index in [0.717, 1.165) is 37.7 Å². The van der Waals surface area contributed by atoms with Gasteiger partial charge in [0.15, 0.2) is 5.17 Å². The number of fused-ring (bicyclic) bond motifs is 1. The Bertz CT molecular complexity index is 666. The number of rotatable bonds is 2. The molecular weight excluding hydrogens is 334 g/mol. The molecule has 0 aliphatic carbocycles. The summed E-state index contributed by atoms with van der Waals surface area (Å²) in [6.07, 6.45) is 2.89. The largest absolute Gasteiger partial charge is 0.379 e. The van der Waals surface area contributed by atoms with E-state index < -0.39 is 17.2 Å². The highest BCUT2D eigenvalue weighted by Crippen LogP contribution is 2.47. The van der Waals surface area contributed by atoms with Gasteiger partial charge in [0.1, 0.15) is 17.2 Å². The molecule has 0 aromatic heterocycles. The lowest BCUT2D eigenvalue weighted by Gasteiger charge is -2.47. The van der Waals surface area contributed by atoms with E-state index >= 15 is 0 Å². The predicted octanol–water partition coefficient (Wildman–Crippen LogP) is 2.81. The first-order chi connectivity index (χ1) is 11.6. The Morgan fingerprint density at radius 2 is 2.12 bits per heavy atom. The minimum absolute atomic E-state index is 0.00394. The summed E-state index contributed by atoms with van der Waals surface area (Å²) in [6, 6.07) is 3.64. The van der Waals surface area contributed by atoms with Crippen LogP contribution in [0.15, 0.2) is 23.2 Å². The lowest BCUT2D eigenvalue weighted by atomic mass is 9.74. The average Bonchev–Trinajstić information content (AvgIpc) is 3.08. The molecule has 0 radical (unpaired) electrons. The minimum atomic E-state index is -0.873. The van der Waals surface area contributed by atoms with Gasteiger partial charge in [-0.2, -0.15) is 0 Å². The van der Waals surface area contributed by atoms with Gasteiger partial charge in [0.05, 0.1) is 18.8 Å². The third-order valence-electron chi connectivity index (χ3n) is 5.23. The highest BCUT2D eigenvalue weighted by Gasteiger charge is 2.50. The van der Waals surface area contributed by atoms with Gasteiger partial charge >= 0.3 is 0 Å². The average molecular weight is 354 g/mol. The normalized spacial score (nSPS) is 36.2. The quantitative estimate of drug-likeness (QED) is 0.887. The van der Waals surface area contributed by atoms with Gasteiger partial charge in [0, 0.05) is 29.9 Å². The number of ether oxygens (including phenoxy) is 2. The Labute approximate surface area is 143 Å². The van der Waals surface area contributed by atoms with E-state index in [4.69, 9.17) is 15.2 Å². The fraction of sp³-hybridized carbons (Fsp3) is 0.588. The number of aliphatic imine (C=N–C) groups is 1. The standard InChI is InChI=1S/C17H20F2N2O2S/c18-11-3-4-12(13(19)7-11)17-9-23-15(14-2-1-5-22-14)6-10(17)8-24-16(20)21-17/h3-4,7,10,14-15H,1-2,5-6,8-9H2,(H2,20,21). The number of amidine groups is 1. The molecular formula is C17H20F2N2O2S. The first-order valence-corrected chi connectivity index (χ1v) is 9.24. The van der Waals surface area contributed by atoms with E-state index in [9.17, 15) is 8.78 Å². The molecule has 0 amide bonds. The summed E-state index contributed by atoms with van der Waals surface area (Å²) >= 11 is 1.49. The molecule has 3 aliphatic heterocycles. The summed E-state index contributed by atoms with van der Waals surface area (Å²) in [7, 11) is 0. The summed E-state index contributed by atoms with van der Waals surface area (Å²) in [5, 5.41) is 0.425. The Morgan fingerprint density at radius 1 is 1.25 bits per heavy atom. The van der Waals surface area contributed by atoms with E-state index in [1.807, 2.05) is 0 Å². The second kappa shape index (κ2) is 6.28. The van der Waals surface area contributed by atoms with Crippen molar-refractivity contribution in [2.24, 2.45) is 16.6 Å². The third kappa shape index (κ3) is 2.72. The number of hydrogen-bond acceptors (Lipinski definition) is 5. The van der Waals surface area contributed by atoms with Gasteiger partial charge < -0.3 is 15.2 Å². The molecule has 3 heterocycles. The van der Waals surface area contributed by atoms with Crippen molar-refractivity contribution in [2.75, 3.05) is 19.0 Å². The summed E-state index contributed by atoms with van der Waals surface area (Å²) < 4.78 is 39.6. The molecule has 0 bridgehead atoms. The van der Waals surface area contributed by atoms with E-state index in [0.29, 0.717) is 10.7 Å². The smallest absolute Gasteiger partial charge is 0.154 e. The molecule has 7 heteroatoms. The molecule has 4 unspecified atom stereocenters. The summed E-state index contributed by atoms with van der Waals surface area (Å²) in [4.78, 5) is 4.59. The maximum absolute atomic E-state index is 14.5. The Kier molecular flexibility index (Phi) is 4.26. The van der Waals surface area contributed by atoms with Crippen LogP contribution in [0.3, 0.4) is 0 Å². The van der Waals surface area contributed by atoms with Gasteiger partial charge in [-0.05, 0) is 25.3 Å². The SMILES string of the molecule is NC1=NC2(c3ccc(F)cc3F)COC(C3CCCO3)CC2CS1. The van der Waals surface area contributed by atoms with Crippen LogP contribution >= 0.6 is 11.8 Å². The summed E-state index contributed by atoms with van der Waals surface area (Å²) in [5.74, 6) is -0.362. The van der Waals surface area contributed by atoms with E-state index in [1.165, 1.54) is 23.9 Å². The Balaban J connectivity index is 1.69. The highest BCUT2D eigenvalue weighted by molar-refractivity contribution is 8.13. The van der Waals surface area contributed by atoms with Crippen molar-refractivity contribution < 1.29 is 18.3 Å². The van der Waals surface area contributed by atoms with Crippen LogP contribution in [-0.4, -0.2) is 36.3 Å². The van der Waals surface area contributed by atoms with Crippen LogP contribution in [-0.2, 0) is 15.0 Å². The second-order valence-electron chi connectivity index (χ2n) is 6.64. The van der Waals surface area contributed by atoms with Gasteiger partial charge in [-0.3, -0.25) is 0 Å². The van der Waals surface area contributed by atoms with Crippen LogP contribution in [0.2, 0.25) is 0 Å². The predicted molar refractivity (Wildman–Crippen MR) is 88.9 cm³/mol. The van der Waals surface area contributed by atoms with Crippen molar-refractivity contribution in [3.05, 3.63) is 35.4 Å². The number of benzene rings is 1. The van der Waals surface area contributed by atoms with Crippen molar-refractivity contribution in [1.82, 2.24) is 0 Å². The van der Waals surface area contributed by atoms with Crippen molar-refractivity contribution in [3.8, 4) is 0 Å². The van der Waals surface area contributed by atoms with Crippen molar-refractivity contribution in [1.29, 1.82) is 0 Å². The summed E-state index contributed by atoms with van der Waals surface area (Å²) in [5.41, 5.74) is 5.43. The zero-order valence-corrected chi connectivity index (χ0v) is 14.0. The second-order valence-corrected chi connectivity index (χ2v) is 7.68. The van der Waals surface area contributed by atoms with Gasteiger partial charge in [-0.25, -0.2) is 13.8 Å². The van der Waals surface area contributed by atoms with Crippen LogP contribution in [0, 0.1) is 17.6 Å². The van der Waals surface area contributed by atoms with Crippen LogP contribution in [0.1, 0.15) is 24.8 Å². The zero-order valence-electron chi connectivity index (χ0n) is 13.2. The number of nitrogens with two attached hydrogens (primary N) is 1. The maximum Gasteiger partial charge on any atom is 0.154 e. The molecule has 24 heavy (non-hydrogen) atoms. The molecule has 2 fully saturated rings. The van der Waals surface area contributed by atoms with Gasteiger partial charge in [-0.15, -0.1) is 0 Å². The molecule has 3 aliphatic rings. The Hall–Kier alpha value is -1.18. The fourth-order valence-corrected chi connectivity index (χ4v) is 5.00. The molecule has 4 rings (SSSR count). The molecule has 2 N–H and O–H groups in total. The number of hydrogen-bond donors (Lipinski definition) is 1. The zero-order chi connectivity index (χ0) is 16.7. The van der Waals surface area contributed by atoms with E-state index in [1.54, 1.807) is 0 Å². The lowest BCUT2D eigenvalue weighted by Crippen LogP contribution is -2.52. The topological polar surface area (TPSA) is 56.8 Å². The van der Waals surface area contributed by atoms with Gasteiger partial charge in [0.2, 0.25) is 0 Å².